The molecule has 2 amide bonds. The number of nitrogens with zero attached hydrogens (tertiary/aromatic N) is 1. The van der Waals surface area contributed by atoms with Gasteiger partial charge in [-0.05, 0) is 26.2 Å². The Morgan fingerprint density at radius 1 is 1.56 bits per heavy atom. The molecule has 0 aromatic rings. The van der Waals surface area contributed by atoms with Crippen molar-refractivity contribution >= 4 is 11.8 Å². The molecule has 2 unspecified atom stereocenters. The Morgan fingerprint density at radius 3 is 2.78 bits per heavy atom. The lowest BCUT2D eigenvalue weighted by molar-refractivity contribution is -0.129. The summed E-state index contributed by atoms with van der Waals surface area (Å²) < 4.78 is 0. The zero-order valence-electron chi connectivity index (χ0n) is 11.1. The fraction of sp³-hybridized carbons (Fsp3) is 0.846. The molecule has 18 heavy (non-hydrogen) atoms. The van der Waals surface area contributed by atoms with Gasteiger partial charge >= 0.3 is 0 Å². The van der Waals surface area contributed by atoms with Crippen LogP contribution in [0.5, 0.6) is 0 Å². The molecule has 0 radical (unpaired) electrons. The number of aliphatic hydroxyl groups is 1. The van der Waals surface area contributed by atoms with Crippen molar-refractivity contribution in [3.8, 4) is 0 Å². The van der Waals surface area contributed by atoms with Crippen molar-refractivity contribution in [2.24, 2.45) is 5.92 Å². The standard InChI is InChI=1S/C13H22N2O3/c1-3-13(2,18)8-14-12(17)9-6-11(16)15(7-9)10-4-5-10/h9-10,18H,3-8H2,1-2H3,(H,14,17). The van der Waals surface area contributed by atoms with Crippen LogP contribution < -0.4 is 5.32 Å². The van der Waals surface area contributed by atoms with E-state index >= 15 is 0 Å². The quantitative estimate of drug-likeness (QED) is 0.740. The van der Waals surface area contributed by atoms with E-state index in [1.165, 1.54) is 0 Å². The van der Waals surface area contributed by atoms with Gasteiger partial charge in [0.05, 0.1) is 11.5 Å². The Bertz CT molecular complexity index is 350. The second-order valence-corrected chi connectivity index (χ2v) is 5.75. The number of carbonyl (C=O) groups is 2. The lowest BCUT2D eigenvalue weighted by atomic mass is 10.0. The van der Waals surface area contributed by atoms with Crippen molar-refractivity contribution in [1.82, 2.24) is 10.2 Å². The average molecular weight is 254 g/mol. The van der Waals surface area contributed by atoms with E-state index in [0.717, 1.165) is 12.8 Å². The van der Waals surface area contributed by atoms with Gasteiger partial charge in [0.2, 0.25) is 11.8 Å². The number of rotatable bonds is 5. The number of hydrogen-bond donors (Lipinski definition) is 2. The van der Waals surface area contributed by atoms with Gasteiger partial charge in [0, 0.05) is 25.6 Å². The summed E-state index contributed by atoms with van der Waals surface area (Å²) in [4.78, 5) is 25.5. The molecule has 1 aliphatic heterocycles. The predicted molar refractivity (Wildman–Crippen MR) is 66.8 cm³/mol. The minimum atomic E-state index is -0.867. The molecule has 5 nitrogen and oxygen atoms in total. The molecule has 2 rings (SSSR count). The summed E-state index contributed by atoms with van der Waals surface area (Å²) in [5.41, 5.74) is -0.867. The number of likely N-dealkylation sites (tertiary alicyclic amines) is 1. The average Bonchev–Trinajstić information content (AvgIpc) is 3.10. The van der Waals surface area contributed by atoms with Gasteiger partial charge in [0.15, 0.2) is 0 Å². The first-order valence-electron chi connectivity index (χ1n) is 6.72. The molecule has 0 aromatic heterocycles. The highest BCUT2D eigenvalue weighted by Gasteiger charge is 2.41. The Kier molecular flexibility index (Phi) is 3.61. The first-order chi connectivity index (χ1) is 8.43. The van der Waals surface area contributed by atoms with Gasteiger partial charge in [-0.25, -0.2) is 0 Å². The van der Waals surface area contributed by atoms with Crippen molar-refractivity contribution in [1.29, 1.82) is 0 Å². The van der Waals surface area contributed by atoms with Crippen molar-refractivity contribution in [2.75, 3.05) is 13.1 Å². The zero-order chi connectivity index (χ0) is 13.3. The number of hydrogen-bond acceptors (Lipinski definition) is 3. The van der Waals surface area contributed by atoms with Crippen LogP contribution in [0.15, 0.2) is 0 Å². The van der Waals surface area contributed by atoms with E-state index in [1.54, 1.807) is 6.92 Å². The summed E-state index contributed by atoms with van der Waals surface area (Å²) >= 11 is 0. The fourth-order valence-electron chi connectivity index (χ4n) is 2.19. The van der Waals surface area contributed by atoms with Crippen molar-refractivity contribution in [3.63, 3.8) is 0 Å². The van der Waals surface area contributed by atoms with Crippen LogP contribution in [-0.2, 0) is 9.59 Å². The lowest BCUT2D eigenvalue weighted by Crippen LogP contribution is -2.43. The minimum Gasteiger partial charge on any atom is -0.388 e. The summed E-state index contributed by atoms with van der Waals surface area (Å²) in [6.07, 6.45) is 3.05. The van der Waals surface area contributed by atoms with Crippen molar-refractivity contribution in [2.45, 2.75) is 51.2 Å². The highest BCUT2D eigenvalue weighted by Crippen LogP contribution is 2.32. The molecule has 1 saturated carbocycles. The van der Waals surface area contributed by atoms with E-state index in [4.69, 9.17) is 0 Å². The summed E-state index contributed by atoms with van der Waals surface area (Å²) in [5, 5.41) is 12.6. The molecule has 2 fully saturated rings. The summed E-state index contributed by atoms with van der Waals surface area (Å²) in [5.74, 6) is -0.258. The largest absolute Gasteiger partial charge is 0.388 e. The van der Waals surface area contributed by atoms with Crippen LogP contribution in [0.4, 0.5) is 0 Å². The third-order valence-electron chi connectivity index (χ3n) is 3.92. The minimum absolute atomic E-state index is 0.0971. The van der Waals surface area contributed by atoms with E-state index in [2.05, 4.69) is 5.32 Å². The Labute approximate surface area is 108 Å². The molecule has 2 atom stereocenters. The molecule has 0 aromatic carbocycles. The highest BCUT2D eigenvalue weighted by molar-refractivity contribution is 5.89. The molecule has 5 heteroatoms. The summed E-state index contributed by atoms with van der Waals surface area (Å²) in [6.45, 7) is 4.36. The normalized spacial score (nSPS) is 27.2. The first kappa shape index (κ1) is 13.3. The van der Waals surface area contributed by atoms with Gasteiger partial charge in [0.1, 0.15) is 0 Å². The monoisotopic (exact) mass is 254 g/mol. The number of carbonyl (C=O) groups excluding carboxylic acids is 2. The molecule has 2 aliphatic rings. The van der Waals surface area contributed by atoms with Gasteiger partial charge in [-0.3, -0.25) is 9.59 Å². The molecule has 102 valence electrons. The van der Waals surface area contributed by atoms with Crippen LogP contribution in [0.1, 0.15) is 39.5 Å². The second-order valence-electron chi connectivity index (χ2n) is 5.75. The van der Waals surface area contributed by atoms with E-state index in [1.807, 2.05) is 11.8 Å². The predicted octanol–water partition coefficient (Wildman–Crippen LogP) is 0.274. The molecular formula is C13H22N2O3. The maximum atomic E-state index is 11.9. The highest BCUT2D eigenvalue weighted by atomic mass is 16.3. The van der Waals surface area contributed by atoms with Gasteiger partial charge in [-0.1, -0.05) is 6.92 Å². The molecule has 0 bridgehead atoms. The van der Waals surface area contributed by atoms with Crippen LogP contribution in [0, 0.1) is 5.92 Å². The number of nitrogens with one attached hydrogen (secondary N) is 1. The SMILES string of the molecule is CCC(C)(O)CNC(=O)C1CC(=O)N(C2CC2)C1. The Morgan fingerprint density at radius 2 is 2.22 bits per heavy atom. The van der Waals surface area contributed by atoms with Crippen LogP contribution in [-0.4, -0.2) is 46.6 Å². The molecule has 0 spiro atoms. The third-order valence-corrected chi connectivity index (χ3v) is 3.92. The van der Waals surface area contributed by atoms with Crippen molar-refractivity contribution < 1.29 is 14.7 Å². The van der Waals surface area contributed by atoms with Gasteiger partial charge in [-0.15, -0.1) is 0 Å². The van der Waals surface area contributed by atoms with Crippen LogP contribution in [0.25, 0.3) is 0 Å². The van der Waals surface area contributed by atoms with Gasteiger partial charge in [0.25, 0.3) is 0 Å². The first-order valence-corrected chi connectivity index (χ1v) is 6.72. The summed E-state index contributed by atoms with van der Waals surface area (Å²) in [6, 6.07) is 0.383. The molecule has 1 aliphatic carbocycles. The number of amides is 2. The summed E-state index contributed by atoms with van der Waals surface area (Å²) in [7, 11) is 0. The molecule has 2 N–H and O–H groups in total. The van der Waals surface area contributed by atoms with E-state index < -0.39 is 5.60 Å². The zero-order valence-corrected chi connectivity index (χ0v) is 11.1. The molecular weight excluding hydrogens is 232 g/mol. The maximum Gasteiger partial charge on any atom is 0.225 e. The van der Waals surface area contributed by atoms with E-state index in [0.29, 0.717) is 25.4 Å². The van der Waals surface area contributed by atoms with Gasteiger partial charge in [-0.2, -0.15) is 0 Å². The smallest absolute Gasteiger partial charge is 0.225 e. The molecule has 1 saturated heterocycles. The topological polar surface area (TPSA) is 69.6 Å². The Hall–Kier alpha value is -1.10. The van der Waals surface area contributed by atoms with Crippen LogP contribution >= 0.6 is 0 Å². The maximum absolute atomic E-state index is 11.9. The molecule has 1 heterocycles. The lowest BCUT2D eigenvalue weighted by Gasteiger charge is -2.22. The van der Waals surface area contributed by atoms with E-state index in [9.17, 15) is 14.7 Å². The third kappa shape index (κ3) is 3.02. The fourth-order valence-corrected chi connectivity index (χ4v) is 2.19. The van der Waals surface area contributed by atoms with Crippen molar-refractivity contribution in [3.05, 3.63) is 0 Å². The van der Waals surface area contributed by atoms with Crippen LogP contribution in [0.3, 0.4) is 0 Å². The van der Waals surface area contributed by atoms with Crippen LogP contribution in [0.2, 0.25) is 0 Å². The van der Waals surface area contributed by atoms with E-state index in [-0.39, 0.29) is 24.3 Å². The second kappa shape index (κ2) is 4.88. The van der Waals surface area contributed by atoms with Gasteiger partial charge < -0.3 is 15.3 Å². The Balaban J connectivity index is 1.81.